The molecule has 2 rings (SSSR count). The molecule has 0 radical (unpaired) electrons. The number of benzene rings is 1. The fourth-order valence-electron chi connectivity index (χ4n) is 1.71. The Labute approximate surface area is 122 Å². The molecule has 1 aromatic heterocycles. The largest absolute Gasteiger partial charge is 0.431 e. The van der Waals surface area contributed by atoms with Crippen LogP contribution in [0.25, 0.3) is 11.1 Å². The van der Waals surface area contributed by atoms with Crippen LogP contribution >= 0.6 is 11.8 Å². The fraction of sp³-hybridized carbons (Fsp3) is 0.429. The molecular weight excluding hydrogens is 274 g/mol. The van der Waals surface area contributed by atoms with Gasteiger partial charge in [0.25, 0.3) is 5.22 Å². The van der Waals surface area contributed by atoms with E-state index < -0.39 is 0 Å². The van der Waals surface area contributed by atoms with Crippen molar-refractivity contribution in [3.63, 3.8) is 0 Å². The van der Waals surface area contributed by atoms with Crippen LogP contribution in [0, 0.1) is 0 Å². The highest BCUT2D eigenvalue weighted by molar-refractivity contribution is 8.00. The molecule has 6 heteroatoms. The van der Waals surface area contributed by atoms with Crippen molar-refractivity contribution in [3.05, 3.63) is 18.2 Å². The number of amides is 1. The minimum atomic E-state index is -0.239. The monoisotopic (exact) mass is 293 g/mol. The zero-order valence-electron chi connectivity index (χ0n) is 11.7. The lowest BCUT2D eigenvalue weighted by Crippen LogP contribution is -2.31. The number of oxazole rings is 1. The number of fused-ring (bicyclic) bond motifs is 1. The van der Waals surface area contributed by atoms with Gasteiger partial charge in [0.15, 0.2) is 5.58 Å². The summed E-state index contributed by atoms with van der Waals surface area (Å²) in [5.74, 6) is 0.00483. The van der Waals surface area contributed by atoms with E-state index >= 15 is 0 Å². The highest BCUT2D eigenvalue weighted by Crippen LogP contribution is 2.27. The Bertz CT molecular complexity index is 597. The number of nitrogens with zero attached hydrogens (tertiary/aromatic N) is 1. The standard InChI is InChI=1S/C14H19N3O2S/c1-3-4-7-16-13(18)9(2)20-14-17-11-6-5-10(15)8-12(11)19-14/h5-6,8-9H,3-4,7,15H2,1-2H3,(H,16,18). The molecule has 0 aliphatic heterocycles. The summed E-state index contributed by atoms with van der Waals surface area (Å²) in [7, 11) is 0. The smallest absolute Gasteiger partial charge is 0.257 e. The first-order chi connectivity index (χ1) is 9.60. The third kappa shape index (κ3) is 3.66. The highest BCUT2D eigenvalue weighted by atomic mass is 32.2. The van der Waals surface area contributed by atoms with Gasteiger partial charge in [0, 0.05) is 18.3 Å². The van der Waals surface area contributed by atoms with Gasteiger partial charge in [-0.25, -0.2) is 4.98 Å². The molecule has 0 bridgehead atoms. The Hall–Kier alpha value is -1.69. The molecule has 108 valence electrons. The van der Waals surface area contributed by atoms with Gasteiger partial charge in [-0.2, -0.15) is 0 Å². The van der Waals surface area contributed by atoms with Crippen molar-refractivity contribution < 1.29 is 9.21 Å². The molecule has 1 amide bonds. The van der Waals surface area contributed by atoms with Gasteiger partial charge in [-0.3, -0.25) is 4.79 Å². The molecule has 1 aromatic carbocycles. The first-order valence-corrected chi connectivity index (χ1v) is 7.58. The lowest BCUT2D eigenvalue weighted by atomic mass is 10.3. The quantitative estimate of drug-likeness (QED) is 0.486. The third-order valence-electron chi connectivity index (χ3n) is 2.87. The van der Waals surface area contributed by atoms with Gasteiger partial charge in [-0.1, -0.05) is 25.1 Å². The van der Waals surface area contributed by atoms with Crippen LogP contribution in [-0.2, 0) is 4.79 Å². The van der Waals surface area contributed by atoms with E-state index in [9.17, 15) is 4.79 Å². The number of nitrogens with two attached hydrogens (primary N) is 1. The second kappa shape index (κ2) is 6.65. The van der Waals surface area contributed by atoms with E-state index in [2.05, 4.69) is 17.2 Å². The molecule has 3 N–H and O–H groups in total. The van der Waals surface area contributed by atoms with Gasteiger partial charge in [0.05, 0.1) is 5.25 Å². The second-order valence-corrected chi connectivity index (χ2v) is 5.90. The minimum Gasteiger partial charge on any atom is -0.431 e. The van der Waals surface area contributed by atoms with E-state index in [-0.39, 0.29) is 11.2 Å². The molecule has 20 heavy (non-hydrogen) atoms. The van der Waals surface area contributed by atoms with E-state index in [0.29, 0.717) is 23.0 Å². The van der Waals surface area contributed by atoms with Crippen molar-refractivity contribution in [2.24, 2.45) is 0 Å². The Morgan fingerprint density at radius 2 is 2.35 bits per heavy atom. The maximum atomic E-state index is 11.9. The normalized spacial score (nSPS) is 12.5. The van der Waals surface area contributed by atoms with Crippen molar-refractivity contribution >= 4 is 34.5 Å². The number of aromatic nitrogens is 1. The van der Waals surface area contributed by atoms with Crippen molar-refractivity contribution in [2.45, 2.75) is 37.2 Å². The van der Waals surface area contributed by atoms with Crippen LogP contribution in [0.15, 0.2) is 27.8 Å². The maximum Gasteiger partial charge on any atom is 0.257 e. The van der Waals surface area contributed by atoms with Crippen LogP contribution < -0.4 is 11.1 Å². The summed E-state index contributed by atoms with van der Waals surface area (Å²) in [5.41, 5.74) is 7.72. The number of nitrogen functional groups attached to an aromatic ring is 1. The van der Waals surface area contributed by atoms with Crippen LogP contribution in [0.5, 0.6) is 0 Å². The average molecular weight is 293 g/mol. The Morgan fingerprint density at radius 1 is 1.55 bits per heavy atom. The van der Waals surface area contributed by atoms with Crippen molar-refractivity contribution in [3.8, 4) is 0 Å². The molecule has 0 spiro atoms. The molecule has 5 nitrogen and oxygen atoms in total. The minimum absolute atomic E-state index is 0.00483. The SMILES string of the molecule is CCCCNC(=O)C(C)Sc1nc2ccc(N)cc2o1. The predicted octanol–water partition coefficient (Wildman–Crippen LogP) is 2.81. The number of nitrogens with one attached hydrogen (secondary N) is 1. The zero-order chi connectivity index (χ0) is 14.5. The van der Waals surface area contributed by atoms with Gasteiger partial charge < -0.3 is 15.5 Å². The lowest BCUT2D eigenvalue weighted by molar-refractivity contribution is -0.120. The molecule has 1 atom stereocenters. The Balaban J connectivity index is 1.98. The summed E-state index contributed by atoms with van der Waals surface area (Å²) >= 11 is 1.31. The summed E-state index contributed by atoms with van der Waals surface area (Å²) in [5, 5.41) is 3.15. The summed E-state index contributed by atoms with van der Waals surface area (Å²) in [6.07, 6.45) is 2.06. The van der Waals surface area contributed by atoms with E-state index in [4.69, 9.17) is 10.2 Å². The van der Waals surface area contributed by atoms with Crippen LogP contribution in [0.2, 0.25) is 0 Å². The average Bonchev–Trinajstić information content (AvgIpc) is 2.80. The number of hydrogen-bond donors (Lipinski definition) is 2. The maximum absolute atomic E-state index is 11.9. The Kier molecular flexibility index (Phi) is 4.89. The molecule has 2 aromatic rings. The van der Waals surface area contributed by atoms with E-state index in [1.807, 2.05) is 13.0 Å². The van der Waals surface area contributed by atoms with Crippen molar-refractivity contribution in [1.29, 1.82) is 0 Å². The van der Waals surface area contributed by atoms with Crippen LogP contribution in [0.3, 0.4) is 0 Å². The summed E-state index contributed by atoms with van der Waals surface area (Å²) in [6.45, 7) is 4.65. The number of hydrogen-bond acceptors (Lipinski definition) is 5. The number of thioether (sulfide) groups is 1. The second-order valence-electron chi connectivity index (χ2n) is 4.61. The van der Waals surface area contributed by atoms with Gasteiger partial charge in [-0.15, -0.1) is 0 Å². The van der Waals surface area contributed by atoms with Crippen LogP contribution in [-0.4, -0.2) is 22.7 Å². The first-order valence-electron chi connectivity index (χ1n) is 6.70. The number of anilines is 1. The van der Waals surface area contributed by atoms with Crippen LogP contribution in [0.1, 0.15) is 26.7 Å². The summed E-state index contributed by atoms with van der Waals surface area (Å²) in [6, 6.07) is 5.32. The summed E-state index contributed by atoms with van der Waals surface area (Å²) < 4.78 is 5.59. The Morgan fingerprint density at radius 3 is 3.10 bits per heavy atom. The van der Waals surface area contributed by atoms with E-state index in [0.717, 1.165) is 18.4 Å². The molecule has 0 saturated carbocycles. The van der Waals surface area contributed by atoms with Crippen LogP contribution in [0.4, 0.5) is 5.69 Å². The zero-order valence-corrected chi connectivity index (χ0v) is 12.5. The number of carbonyl (C=O) groups excluding carboxylic acids is 1. The molecule has 0 aliphatic rings. The summed E-state index contributed by atoms with van der Waals surface area (Å²) in [4.78, 5) is 16.2. The number of carbonyl (C=O) groups is 1. The van der Waals surface area contributed by atoms with E-state index in [1.54, 1.807) is 12.1 Å². The first kappa shape index (κ1) is 14.7. The lowest BCUT2D eigenvalue weighted by Gasteiger charge is -2.09. The van der Waals surface area contributed by atoms with Crippen molar-refractivity contribution in [2.75, 3.05) is 12.3 Å². The van der Waals surface area contributed by atoms with Gasteiger partial charge >= 0.3 is 0 Å². The van der Waals surface area contributed by atoms with Gasteiger partial charge in [0.1, 0.15) is 5.52 Å². The van der Waals surface area contributed by atoms with Crippen molar-refractivity contribution in [1.82, 2.24) is 10.3 Å². The molecule has 0 saturated heterocycles. The van der Waals surface area contributed by atoms with Gasteiger partial charge in [-0.05, 0) is 25.5 Å². The highest BCUT2D eigenvalue weighted by Gasteiger charge is 2.17. The molecule has 1 heterocycles. The van der Waals surface area contributed by atoms with E-state index in [1.165, 1.54) is 11.8 Å². The number of rotatable bonds is 6. The van der Waals surface area contributed by atoms with Gasteiger partial charge in [0.2, 0.25) is 5.91 Å². The fourth-order valence-corrected chi connectivity index (χ4v) is 2.49. The topological polar surface area (TPSA) is 81.2 Å². The molecular formula is C14H19N3O2S. The molecule has 0 aliphatic carbocycles. The molecule has 1 unspecified atom stereocenters. The third-order valence-corrected chi connectivity index (χ3v) is 3.81. The molecule has 0 fully saturated rings. The predicted molar refractivity (Wildman–Crippen MR) is 81.7 cm³/mol. The number of unbranched alkanes of at least 4 members (excludes halogenated alkanes) is 1.